The van der Waals surface area contributed by atoms with Crippen LogP contribution in [0.3, 0.4) is 0 Å². The lowest BCUT2D eigenvalue weighted by molar-refractivity contribution is 0.667. The Morgan fingerprint density at radius 2 is 0.761 bits per heavy atom. The molecule has 0 fully saturated rings. The molecule has 71 heavy (non-hydrogen) atoms. The molecule has 0 aliphatic rings. The molecule has 0 aliphatic carbocycles. The first-order valence-electron chi connectivity index (χ1n) is 21.6. The smallest absolute Gasteiger partial charge is 0.180 e. The van der Waals surface area contributed by atoms with E-state index in [1.54, 1.807) is 0 Å². The van der Waals surface area contributed by atoms with Crippen molar-refractivity contribution < 1.29 is 4.42 Å². The van der Waals surface area contributed by atoms with Gasteiger partial charge in [0.05, 0.1) is 16.7 Å². The van der Waals surface area contributed by atoms with E-state index in [2.05, 4.69) is 16.7 Å². The van der Waals surface area contributed by atoms with Gasteiger partial charge in [-0.25, -0.2) is 24.9 Å². The van der Waals surface area contributed by atoms with E-state index in [1.165, 1.54) is 0 Å². The molecular weight excluding hydrogens is 851 g/mol. The summed E-state index contributed by atoms with van der Waals surface area (Å²) < 4.78 is 8.59. The Morgan fingerprint density at radius 3 is 1.25 bits per heavy atom. The summed E-state index contributed by atoms with van der Waals surface area (Å²) in [6.45, 7) is 0. The average Bonchev–Trinajstić information content (AvgIpc) is 3.93. The number of benzene rings is 7. The van der Waals surface area contributed by atoms with Crippen LogP contribution in [0.15, 0.2) is 95.4 Å². The Hall–Kier alpha value is -6.80. The zero-order valence-electron chi connectivity index (χ0n) is 37.4. The summed E-state index contributed by atoms with van der Waals surface area (Å²) in [6, 6.07) is 28.9. The summed E-state index contributed by atoms with van der Waals surface area (Å²) in [5, 5.41) is 2.65. The molecule has 0 spiro atoms. The van der Waals surface area contributed by atoms with Crippen LogP contribution >= 0.6 is 0 Å². The summed E-state index contributed by atoms with van der Waals surface area (Å²) >= 11 is 0. The van der Waals surface area contributed by atoms with Gasteiger partial charge in [0.15, 0.2) is 28.9 Å². The zero-order valence-corrected chi connectivity index (χ0v) is 37.4. The third kappa shape index (κ3) is 7.05. The third-order valence-electron chi connectivity index (χ3n) is 13.0. The molecule has 0 N–H and O–H groups in total. The van der Waals surface area contributed by atoms with Gasteiger partial charge < -0.3 is 8.98 Å². The van der Waals surface area contributed by atoms with Crippen molar-refractivity contribution in [1.82, 2.24) is 29.5 Å². The molecule has 7 nitrogen and oxygen atoms in total. The molecule has 11 aromatic rings. The molecular formula is C49H15B15N6O. The number of hydrogen-bond acceptors (Lipinski definition) is 6. The molecule has 4 heterocycles. The minimum atomic E-state index is -0.0894. The molecule has 0 saturated heterocycles. The first-order valence-corrected chi connectivity index (χ1v) is 21.6. The van der Waals surface area contributed by atoms with Crippen LogP contribution in [0.25, 0.3) is 106 Å². The fourth-order valence-corrected chi connectivity index (χ4v) is 9.13. The van der Waals surface area contributed by atoms with Crippen molar-refractivity contribution in [3.63, 3.8) is 0 Å². The summed E-state index contributed by atoms with van der Waals surface area (Å²) in [5.74, 6) is 0.0466. The lowest BCUT2D eigenvalue weighted by Gasteiger charge is -2.23. The highest BCUT2D eigenvalue weighted by molar-refractivity contribution is 6.71. The van der Waals surface area contributed by atoms with Crippen molar-refractivity contribution in [3.8, 4) is 62.5 Å². The minimum absolute atomic E-state index is 0.0160. The second-order valence-electron chi connectivity index (χ2n) is 16.9. The molecule has 30 radical (unpaired) electrons. The molecule has 11 rings (SSSR count). The van der Waals surface area contributed by atoms with E-state index < -0.39 is 0 Å². The van der Waals surface area contributed by atoms with E-state index in [0.29, 0.717) is 33.3 Å². The van der Waals surface area contributed by atoms with Gasteiger partial charge in [-0.3, -0.25) is 0 Å². The van der Waals surface area contributed by atoms with E-state index in [4.69, 9.17) is 147 Å². The van der Waals surface area contributed by atoms with E-state index >= 15 is 0 Å². The SMILES string of the molecule is [B]c1c([B])c([B])c(-c2nc(-c3ccc(-n4c5ccccc5c5ccccc54)c(-c4nc(-c5c([B])c([B])c([B])c([B])c5[B])c5oc6ccccc6c5n4)c3)nc(-c3c([B])c([B])c([B])c([B])c3[B])n2)c([B])c1[B]. The Kier molecular flexibility index (Phi) is 11.3. The standard InChI is InChI=1S/C49H15B15N6O/c50-28-25(29(51)35(57)40(62)34(28)56)44-45-43(19-9-3-6-12-24(19)71-45)65-47(66-44)20-15-16(13-14-23(20)70-21-10-4-1-7-17(21)18-8-2-5-11-22(18)70)46-67-48(26-30(52)36(58)41(63)37(59)31(26)53)69-49(68-46)27-32(54)38(60)42(64)39(61)33(27)55/h1-15H. The van der Waals surface area contributed by atoms with Crippen LogP contribution in [-0.4, -0.2) is 147 Å². The first kappa shape index (κ1) is 46.6. The molecule has 292 valence electrons. The minimum Gasteiger partial charge on any atom is -0.452 e. The summed E-state index contributed by atoms with van der Waals surface area (Å²) in [7, 11) is 97.2. The normalized spacial score (nSPS) is 11.7. The fourth-order valence-electron chi connectivity index (χ4n) is 9.13. The molecule has 22 heteroatoms. The largest absolute Gasteiger partial charge is 0.452 e. The van der Waals surface area contributed by atoms with Gasteiger partial charge in [0.1, 0.15) is 134 Å². The molecule has 7 aromatic carbocycles. The Balaban J connectivity index is 1.28. The van der Waals surface area contributed by atoms with E-state index in [9.17, 15) is 0 Å². The Bertz CT molecular complexity index is 3930. The maximum atomic E-state index is 6.76. The second kappa shape index (κ2) is 17.2. The van der Waals surface area contributed by atoms with Gasteiger partial charge in [-0.2, -0.15) is 0 Å². The van der Waals surface area contributed by atoms with Crippen LogP contribution in [0.5, 0.6) is 0 Å². The van der Waals surface area contributed by atoms with E-state index in [-0.39, 0.29) is 133 Å². The molecule has 0 bridgehead atoms. The van der Waals surface area contributed by atoms with Crippen molar-refractivity contribution in [2.24, 2.45) is 0 Å². The molecule has 0 saturated carbocycles. The topological polar surface area (TPSA) is 82.5 Å². The van der Waals surface area contributed by atoms with Gasteiger partial charge in [-0.15, -0.1) is 49.2 Å². The number of rotatable bonds is 6. The number of nitrogens with zero attached hydrogens (tertiary/aromatic N) is 6. The first-order chi connectivity index (χ1) is 34.0. The van der Waals surface area contributed by atoms with Crippen LogP contribution in [0.1, 0.15) is 0 Å². The van der Waals surface area contributed by atoms with Gasteiger partial charge >= 0.3 is 0 Å². The van der Waals surface area contributed by atoms with Gasteiger partial charge in [-0.1, -0.05) is 81.3 Å². The monoisotopic (exact) mass is 868 g/mol. The highest BCUT2D eigenvalue weighted by atomic mass is 16.3. The van der Waals surface area contributed by atoms with Gasteiger partial charge in [0, 0.05) is 38.4 Å². The maximum Gasteiger partial charge on any atom is 0.180 e. The van der Waals surface area contributed by atoms with Crippen molar-refractivity contribution in [1.29, 1.82) is 0 Å². The van der Waals surface area contributed by atoms with Gasteiger partial charge in [-0.05, 0) is 48.0 Å². The van der Waals surface area contributed by atoms with Crippen LogP contribution in [0.4, 0.5) is 0 Å². The fraction of sp³-hybridized carbons (Fsp3) is 0. The summed E-state index contributed by atoms with van der Waals surface area (Å²) in [6.07, 6.45) is 0. The molecule has 0 aliphatic heterocycles. The number of para-hydroxylation sites is 3. The van der Waals surface area contributed by atoms with E-state index in [0.717, 1.165) is 21.8 Å². The van der Waals surface area contributed by atoms with Crippen LogP contribution < -0.4 is 81.9 Å². The molecule has 0 unspecified atom stereocenters. The predicted octanol–water partition coefficient (Wildman–Crippen LogP) is -6.10. The average molecular weight is 866 g/mol. The summed E-state index contributed by atoms with van der Waals surface area (Å²) in [4.78, 5) is 25.2. The van der Waals surface area contributed by atoms with Crippen LogP contribution in [-0.2, 0) is 0 Å². The van der Waals surface area contributed by atoms with Crippen molar-refractivity contribution in [2.45, 2.75) is 0 Å². The Labute approximate surface area is 428 Å². The summed E-state index contributed by atoms with van der Waals surface area (Å²) in [5.41, 5.74) is 4.59. The maximum absolute atomic E-state index is 6.76. The highest BCUT2D eigenvalue weighted by Crippen LogP contribution is 2.40. The highest BCUT2D eigenvalue weighted by Gasteiger charge is 2.27. The van der Waals surface area contributed by atoms with Gasteiger partial charge in [0.25, 0.3) is 0 Å². The third-order valence-corrected chi connectivity index (χ3v) is 13.0. The second-order valence-corrected chi connectivity index (χ2v) is 16.9. The molecule has 4 aromatic heterocycles. The number of fused-ring (bicyclic) bond motifs is 6. The lowest BCUT2D eigenvalue weighted by atomic mass is 9.60. The predicted molar refractivity (Wildman–Crippen MR) is 305 cm³/mol. The van der Waals surface area contributed by atoms with Crippen molar-refractivity contribution in [2.75, 3.05) is 0 Å². The van der Waals surface area contributed by atoms with Crippen molar-refractivity contribution >= 4 is 244 Å². The lowest BCUT2D eigenvalue weighted by Crippen LogP contribution is -2.55. The zero-order chi connectivity index (χ0) is 50.1. The van der Waals surface area contributed by atoms with Crippen LogP contribution in [0.2, 0.25) is 0 Å². The van der Waals surface area contributed by atoms with E-state index in [1.807, 2.05) is 78.9 Å². The number of furan rings is 1. The quantitative estimate of drug-likeness (QED) is 0.155. The molecule has 0 atom stereocenters. The van der Waals surface area contributed by atoms with Crippen molar-refractivity contribution in [3.05, 3.63) is 91.0 Å². The number of aromatic nitrogens is 6. The van der Waals surface area contributed by atoms with Crippen LogP contribution in [0, 0.1) is 0 Å². The molecule has 0 amide bonds. The Morgan fingerprint density at radius 1 is 0.352 bits per heavy atom. The van der Waals surface area contributed by atoms with Gasteiger partial charge in [0.2, 0.25) is 0 Å². The number of hydrogen-bond donors (Lipinski definition) is 0.